The van der Waals surface area contributed by atoms with Gasteiger partial charge in [0.1, 0.15) is 5.82 Å². The number of pyridine rings is 1. The highest BCUT2D eigenvalue weighted by Crippen LogP contribution is 2.31. The van der Waals surface area contributed by atoms with Gasteiger partial charge in [-0.2, -0.15) is 13.2 Å². The summed E-state index contributed by atoms with van der Waals surface area (Å²) >= 11 is 0. The Balaban J connectivity index is 2.11. The molecule has 3 aromatic rings. The Bertz CT molecular complexity index is 777. The van der Waals surface area contributed by atoms with Crippen LogP contribution in [0.3, 0.4) is 0 Å². The van der Waals surface area contributed by atoms with Crippen molar-refractivity contribution in [2.24, 2.45) is 0 Å². The van der Waals surface area contributed by atoms with Crippen LogP contribution in [0.5, 0.6) is 0 Å². The van der Waals surface area contributed by atoms with Gasteiger partial charge in [-0.15, -0.1) is 0 Å². The van der Waals surface area contributed by atoms with E-state index in [4.69, 9.17) is 5.73 Å². The summed E-state index contributed by atoms with van der Waals surface area (Å²) in [5.41, 5.74) is 6.75. The predicted octanol–water partition coefficient (Wildman–Crippen LogP) is 3.23. The number of hydrogen-bond donors (Lipinski definition) is 2. The second kappa shape index (κ2) is 4.22. The number of imidazole rings is 1. The minimum Gasteiger partial charge on any atom is -0.397 e. The second-order valence-electron chi connectivity index (χ2n) is 4.32. The first-order valence-corrected chi connectivity index (χ1v) is 5.71. The highest BCUT2D eigenvalue weighted by atomic mass is 19.4. The fourth-order valence-corrected chi connectivity index (χ4v) is 1.91. The van der Waals surface area contributed by atoms with Crippen LogP contribution < -0.4 is 5.73 Å². The minimum atomic E-state index is -4.38. The van der Waals surface area contributed by atoms with Crippen molar-refractivity contribution in [3.63, 3.8) is 0 Å². The van der Waals surface area contributed by atoms with Gasteiger partial charge in [0.25, 0.3) is 0 Å². The van der Waals surface area contributed by atoms with Gasteiger partial charge in [-0.25, -0.2) is 4.98 Å². The van der Waals surface area contributed by atoms with E-state index in [2.05, 4.69) is 15.0 Å². The number of rotatable bonds is 1. The lowest BCUT2D eigenvalue weighted by Crippen LogP contribution is -2.04. The van der Waals surface area contributed by atoms with Crippen LogP contribution in [0.1, 0.15) is 5.56 Å². The van der Waals surface area contributed by atoms with Crippen LogP contribution in [0.25, 0.3) is 22.4 Å². The monoisotopic (exact) mass is 278 g/mol. The molecule has 2 heterocycles. The van der Waals surface area contributed by atoms with Crippen LogP contribution in [-0.2, 0) is 6.18 Å². The Kier molecular flexibility index (Phi) is 2.63. The molecule has 0 fully saturated rings. The molecule has 0 spiro atoms. The largest absolute Gasteiger partial charge is 0.416 e. The van der Waals surface area contributed by atoms with E-state index in [0.29, 0.717) is 28.1 Å². The number of anilines is 1. The van der Waals surface area contributed by atoms with Crippen molar-refractivity contribution in [1.82, 2.24) is 15.0 Å². The zero-order valence-corrected chi connectivity index (χ0v) is 10.1. The Hall–Kier alpha value is -2.57. The quantitative estimate of drug-likeness (QED) is 0.718. The van der Waals surface area contributed by atoms with E-state index in [0.717, 1.165) is 12.1 Å². The number of fused-ring (bicyclic) bond motifs is 1. The zero-order chi connectivity index (χ0) is 14.3. The van der Waals surface area contributed by atoms with Crippen LogP contribution in [0, 0.1) is 0 Å². The Morgan fingerprint density at radius 3 is 2.60 bits per heavy atom. The van der Waals surface area contributed by atoms with E-state index < -0.39 is 11.7 Å². The number of halogens is 3. The molecule has 2 aromatic heterocycles. The molecular weight excluding hydrogens is 269 g/mol. The third kappa shape index (κ3) is 2.18. The summed E-state index contributed by atoms with van der Waals surface area (Å²) in [4.78, 5) is 11.0. The smallest absolute Gasteiger partial charge is 0.397 e. The summed E-state index contributed by atoms with van der Waals surface area (Å²) in [6.07, 6.45) is -1.36. The van der Waals surface area contributed by atoms with Gasteiger partial charge in [-0.1, -0.05) is 0 Å². The number of nitrogens with two attached hydrogens (primary N) is 1. The summed E-state index contributed by atoms with van der Waals surface area (Å²) in [6, 6.07) is 5.02. The minimum absolute atomic E-state index is 0.317. The van der Waals surface area contributed by atoms with Crippen LogP contribution in [0.2, 0.25) is 0 Å². The number of aromatic nitrogens is 3. The predicted molar refractivity (Wildman–Crippen MR) is 68.7 cm³/mol. The summed E-state index contributed by atoms with van der Waals surface area (Å²) < 4.78 is 37.9. The van der Waals surface area contributed by atoms with Gasteiger partial charge in [0, 0.05) is 18.0 Å². The van der Waals surface area contributed by atoms with Gasteiger partial charge >= 0.3 is 6.18 Å². The van der Waals surface area contributed by atoms with Gasteiger partial charge in [-0.3, -0.25) is 4.98 Å². The molecule has 0 amide bonds. The zero-order valence-electron chi connectivity index (χ0n) is 10.1. The number of benzene rings is 1. The van der Waals surface area contributed by atoms with Crippen LogP contribution in [-0.4, -0.2) is 15.0 Å². The summed E-state index contributed by atoms with van der Waals surface area (Å²) in [6.45, 7) is 0. The number of nitrogen functional groups attached to an aromatic ring is 1. The van der Waals surface area contributed by atoms with Crippen LogP contribution in [0.4, 0.5) is 18.9 Å². The maximum atomic E-state index is 12.6. The van der Waals surface area contributed by atoms with Gasteiger partial charge < -0.3 is 10.7 Å². The topological polar surface area (TPSA) is 67.6 Å². The second-order valence-corrected chi connectivity index (χ2v) is 4.32. The van der Waals surface area contributed by atoms with Gasteiger partial charge in [-0.05, 0) is 24.3 Å². The number of H-pyrrole nitrogens is 1. The SMILES string of the molecule is Nc1cncc(-c2nc3ccc(C(F)(F)F)cc3[nH]2)c1. The van der Waals surface area contributed by atoms with Crippen molar-refractivity contribution in [3.8, 4) is 11.4 Å². The van der Waals surface area contributed by atoms with Crippen molar-refractivity contribution in [1.29, 1.82) is 0 Å². The van der Waals surface area contributed by atoms with E-state index >= 15 is 0 Å². The van der Waals surface area contributed by atoms with E-state index in [1.165, 1.54) is 12.3 Å². The molecule has 0 radical (unpaired) electrons. The highest BCUT2D eigenvalue weighted by molar-refractivity contribution is 5.80. The van der Waals surface area contributed by atoms with Crippen molar-refractivity contribution in [2.45, 2.75) is 6.18 Å². The Morgan fingerprint density at radius 2 is 1.90 bits per heavy atom. The maximum Gasteiger partial charge on any atom is 0.416 e. The molecule has 0 atom stereocenters. The van der Waals surface area contributed by atoms with Crippen molar-refractivity contribution in [2.75, 3.05) is 5.73 Å². The molecule has 7 heteroatoms. The number of nitrogens with one attached hydrogen (secondary N) is 1. The fraction of sp³-hybridized carbons (Fsp3) is 0.0769. The molecule has 4 nitrogen and oxygen atoms in total. The Morgan fingerprint density at radius 1 is 1.10 bits per heavy atom. The third-order valence-electron chi connectivity index (χ3n) is 2.84. The van der Waals surface area contributed by atoms with E-state index in [-0.39, 0.29) is 0 Å². The summed E-state index contributed by atoms with van der Waals surface area (Å²) in [5, 5.41) is 0. The molecule has 0 aliphatic rings. The van der Waals surface area contributed by atoms with Crippen LogP contribution in [0.15, 0.2) is 36.7 Å². The number of hydrogen-bond acceptors (Lipinski definition) is 3. The molecule has 3 N–H and O–H groups in total. The molecule has 0 bridgehead atoms. The van der Waals surface area contributed by atoms with Gasteiger partial charge in [0.2, 0.25) is 0 Å². The van der Waals surface area contributed by atoms with Crippen LogP contribution >= 0.6 is 0 Å². The molecule has 20 heavy (non-hydrogen) atoms. The van der Waals surface area contributed by atoms with Crippen molar-refractivity contribution in [3.05, 3.63) is 42.2 Å². The number of alkyl halides is 3. The summed E-state index contributed by atoms with van der Waals surface area (Å²) in [7, 11) is 0. The number of aromatic amines is 1. The first-order valence-electron chi connectivity index (χ1n) is 5.71. The normalized spacial score (nSPS) is 11.9. The lowest BCUT2D eigenvalue weighted by Gasteiger charge is -2.05. The average Bonchev–Trinajstić information content (AvgIpc) is 2.80. The number of nitrogens with zero attached hydrogens (tertiary/aromatic N) is 2. The lowest BCUT2D eigenvalue weighted by atomic mass is 10.2. The standard InChI is InChI=1S/C13H9F3N4/c14-13(15,16)8-1-2-10-11(4-8)20-12(19-10)7-3-9(17)6-18-5-7/h1-6H,17H2,(H,19,20). The van der Waals surface area contributed by atoms with E-state index in [1.807, 2.05) is 0 Å². The fourth-order valence-electron chi connectivity index (χ4n) is 1.91. The average molecular weight is 278 g/mol. The molecular formula is C13H9F3N4. The molecule has 102 valence electrons. The van der Waals surface area contributed by atoms with Crippen molar-refractivity contribution < 1.29 is 13.2 Å². The van der Waals surface area contributed by atoms with E-state index in [1.54, 1.807) is 12.3 Å². The molecule has 0 aliphatic carbocycles. The van der Waals surface area contributed by atoms with Gasteiger partial charge in [0.05, 0.1) is 22.3 Å². The summed E-state index contributed by atoms with van der Waals surface area (Å²) in [5.74, 6) is 0.430. The first-order chi connectivity index (χ1) is 9.43. The Labute approximate surface area is 111 Å². The van der Waals surface area contributed by atoms with Gasteiger partial charge in [0.15, 0.2) is 0 Å². The molecule has 1 aromatic carbocycles. The molecule has 3 rings (SSSR count). The molecule has 0 aliphatic heterocycles. The third-order valence-corrected chi connectivity index (χ3v) is 2.84. The molecule has 0 unspecified atom stereocenters. The highest BCUT2D eigenvalue weighted by Gasteiger charge is 2.30. The first kappa shape index (κ1) is 12.5. The maximum absolute atomic E-state index is 12.6. The van der Waals surface area contributed by atoms with E-state index in [9.17, 15) is 13.2 Å². The molecule has 0 saturated heterocycles. The van der Waals surface area contributed by atoms with Crippen molar-refractivity contribution >= 4 is 16.7 Å². The lowest BCUT2D eigenvalue weighted by molar-refractivity contribution is -0.137. The molecule has 0 saturated carbocycles.